The minimum atomic E-state index is -3.61. The van der Waals surface area contributed by atoms with Crippen molar-refractivity contribution >= 4 is 21.6 Å². The Morgan fingerprint density at radius 1 is 1.07 bits per heavy atom. The summed E-state index contributed by atoms with van der Waals surface area (Å²) in [5, 5.41) is 2.95. The van der Waals surface area contributed by atoms with Gasteiger partial charge in [-0.1, -0.05) is 30.3 Å². The second kappa shape index (κ2) is 7.82. The maximum atomic E-state index is 13.1. The van der Waals surface area contributed by atoms with Gasteiger partial charge in [-0.25, -0.2) is 8.42 Å². The van der Waals surface area contributed by atoms with Crippen LogP contribution >= 0.6 is 0 Å². The Labute approximate surface area is 161 Å². The van der Waals surface area contributed by atoms with Gasteiger partial charge in [0.25, 0.3) is 0 Å². The molecule has 1 unspecified atom stereocenters. The van der Waals surface area contributed by atoms with E-state index in [2.05, 4.69) is 5.32 Å². The molecule has 27 heavy (non-hydrogen) atoms. The van der Waals surface area contributed by atoms with Gasteiger partial charge in [0.1, 0.15) is 0 Å². The van der Waals surface area contributed by atoms with Gasteiger partial charge in [0.15, 0.2) is 0 Å². The first kappa shape index (κ1) is 19.6. The lowest BCUT2D eigenvalue weighted by Crippen LogP contribution is -2.43. The van der Waals surface area contributed by atoms with Crippen LogP contribution in [0.3, 0.4) is 0 Å². The average Bonchev–Trinajstić information content (AvgIpc) is 2.65. The molecule has 0 saturated carbocycles. The molecule has 1 N–H and O–H groups in total. The average molecular weight is 387 g/mol. The SMILES string of the molecule is Cc1ccc(C)c(S(=O)(=O)N2CCCC(C(=O)Nc3ccccc3C)C2)c1. The fraction of sp³-hybridized carbons (Fsp3) is 0.381. The van der Waals surface area contributed by atoms with E-state index in [4.69, 9.17) is 0 Å². The van der Waals surface area contributed by atoms with E-state index in [1.807, 2.05) is 50.2 Å². The van der Waals surface area contributed by atoms with Crippen molar-refractivity contribution in [1.82, 2.24) is 4.31 Å². The molecule has 0 aromatic heterocycles. The molecule has 2 aromatic rings. The number of amides is 1. The van der Waals surface area contributed by atoms with Crippen molar-refractivity contribution in [2.75, 3.05) is 18.4 Å². The number of hydrogen-bond donors (Lipinski definition) is 1. The van der Waals surface area contributed by atoms with E-state index in [1.165, 1.54) is 4.31 Å². The maximum absolute atomic E-state index is 13.1. The number of piperidine rings is 1. The monoisotopic (exact) mass is 386 g/mol. The highest BCUT2D eigenvalue weighted by Crippen LogP contribution is 2.27. The van der Waals surface area contributed by atoms with Crippen LogP contribution in [0.15, 0.2) is 47.4 Å². The second-order valence-corrected chi connectivity index (χ2v) is 9.18. The van der Waals surface area contributed by atoms with Gasteiger partial charge in [0, 0.05) is 18.8 Å². The fourth-order valence-corrected chi connectivity index (χ4v) is 5.28. The molecule has 0 bridgehead atoms. The minimum absolute atomic E-state index is 0.120. The Morgan fingerprint density at radius 2 is 1.81 bits per heavy atom. The second-order valence-electron chi connectivity index (χ2n) is 7.28. The van der Waals surface area contributed by atoms with E-state index in [9.17, 15) is 13.2 Å². The summed E-state index contributed by atoms with van der Waals surface area (Å²) >= 11 is 0. The van der Waals surface area contributed by atoms with E-state index >= 15 is 0 Å². The Hall–Kier alpha value is -2.18. The topological polar surface area (TPSA) is 66.5 Å². The van der Waals surface area contributed by atoms with Crippen LogP contribution in [0.5, 0.6) is 0 Å². The number of carbonyl (C=O) groups is 1. The fourth-order valence-electron chi connectivity index (χ4n) is 3.45. The minimum Gasteiger partial charge on any atom is -0.326 e. The van der Waals surface area contributed by atoms with Crippen molar-refractivity contribution in [2.24, 2.45) is 5.92 Å². The number of hydrogen-bond acceptors (Lipinski definition) is 3. The molecule has 0 aliphatic carbocycles. The van der Waals surface area contributed by atoms with Crippen LogP contribution < -0.4 is 5.32 Å². The summed E-state index contributed by atoms with van der Waals surface area (Å²) < 4.78 is 27.7. The highest BCUT2D eigenvalue weighted by atomic mass is 32.2. The van der Waals surface area contributed by atoms with Gasteiger partial charge in [-0.15, -0.1) is 0 Å². The normalized spacial score (nSPS) is 18.3. The maximum Gasteiger partial charge on any atom is 0.243 e. The molecule has 1 aliphatic heterocycles. The molecule has 1 fully saturated rings. The lowest BCUT2D eigenvalue weighted by atomic mass is 9.98. The van der Waals surface area contributed by atoms with Crippen molar-refractivity contribution in [1.29, 1.82) is 0 Å². The number of sulfonamides is 1. The van der Waals surface area contributed by atoms with Crippen molar-refractivity contribution in [2.45, 2.75) is 38.5 Å². The first-order chi connectivity index (χ1) is 12.8. The first-order valence-electron chi connectivity index (χ1n) is 9.23. The highest BCUT2D eigenvalue weighted by molar-refractivity contribution is 7.89. The summed E-state index contributed by atoms with van der Waals surface area (Å²) in [6.45, 7) is 6.29. The van der Waals surface area contributed by atoms with Crippen molar-refractivity contribution in [3.63, 3.8) is 0 Å². The van der Waals surface area contributed by atoms with Crippen molar-refractivity contribution in [3.8, 4) is 0 Å². The summed E-state index contributed by atoms with van der Waals surface area (Å²) in [4.78, 5) is 13.1. The van der Waals surface area contributed by atoms with Gasteiger partial charge in [-0.3, -0.25) is 4.79 Å². The zero-order valence-electron chi connectivity index (χ0n) is 16.0. The molecular formula is C21H26N2O3S. The smallest absolute Gasteiger partial charge is 0.243 e. The molecule has 3 rings (SSSR count). The number of para-hydroxylation sites is 1. The van der Waals surface area contributed by atoms with Crippen LogP contribution in [0.1, 0.15) is 29.5 Å². The number of benzene rings is 2. The van der Waals surface area contributed by atoms with Gasteiger partial charge in [-0.2, -0.15) is 4.31 Å². The van der Waals surface area contributed by atoms with Crippen LogP contribution in [0.4, 0.5) is 5.69 Å². The van der Waals surface area contributed by atoms with E-state index in [1.54, 1.807) is 13.0 Å². The summed E-state index contributed by atoms with van der Waals surface area (Å²) in [5.41, 5.74) is 3.40. The highest BCUT2D eigenvalue weighted by Gasteiger charge is 2.34. The van der Waals surface area contributed by atoms with Crippen LogP contribution in [0.2, 0.25) is 0 Å². The number of nitrogens with one attached hydrogen (secondary N) is 1. The number of anilines is 1. The Bertz CT molecular complexity index is 954. The first-order valence-corrected chi connectivity index (χ1v) is 10.7. The summed E-state index contributed by atoms with van der Waals surface area (Å²) in [6, 6.07) is 13.0. The summed E-state index contributed by atoms with van der Waals surface area (Å²) in [6.07, 6.45) is 1.37. The van der Waals surface area contributed by atoms with Crippen LogP contribution in [0.25, 0.3) is 0 Å². The molecule has 0 radical (unpaired) electrons. The molecule has 1 atom stereocenters. The van der Waals surface area contributed by atoms with E-state index < -0.39 is 10.0 Å². The van der Waals surface area contributed by atoms with Crippen LogP contribution in [-0.4, -0.2) is 31.7 Å². The standard InChI is InChI=1S/C21H26N2O3S/c1-15-10-11-17(3)20(13-15)27(25,26)23-12-6-8-18(14-23)21(24)22-19-9-5-4-7-16(19)2/h4-5,7,9-11,13,18H,6,8,12,14H2,1-3H3,(H,22,24). The number of aryl methyl sites for hydroxylation is 3. The zero-order valence-corrected chi connectivity index (χ0v) is 16.8. The predicted octanol–water partition coefficient (Wildman–Crippen LogP) is 3.65. The lowest BCUT2D eigenvalue weighted by molar-refractivity contribution is -0.120. The van der Waals surface area contributed by atoms with E-state index in [0.717, 1.165) is 22.4 Å². The molecular weight excluding hydrogens is 360 g/mol. The zero-order chi connectivity index (χ0) is 19.6. The molecule has 6 heteroatoms. The third-order valence-corrected chi connectivity index (χ3v) is 7.13. The Balaban J connectivity index is 1.78. The number of carbonyl (C=O) groups excluding carboxylic acids is 1. The Morgan fingerprint density at radius 3 is 2.56 bits per heavy atom. The van der Waals surface area contributed by atoms with Crippen LogP contribution in [-0.2, 0) is 14.8 Å². The Kier molecular flexibility index (Phi) is 5.67. The van der Waals surface area contributed by atoms with E-state index in [-0.39, 0.29) is 18.4 Å². The molecule has 0 spiro atoms. The van der Waals surface area contributed by atoms with Gasteiger partial charge >= 0.3 is 0 Å². The quantitative estimate of drug-likeness (QED) is 0.872. The van der Waals surface area contributed by atoms with Gasteiger partial charge < -0.3 is 5.32 Å². The van der Waals surface area contributed by atoms with Crippen molar-refractivity contribution < 1.29 is 13.2 Å². The molecule has 1 amide bonds. The molecule has 1 aliphatic rings. The molecule has 1 saturated heterocycles. The number of rotatable bonds is 4. The van der Waals surface area contributed by atoms with E-state index in [0.29, 0.717) is 24.3 Å². The van der Waals surface area contributed by atoms with Gasteiger partial charge in [0.2, 0.25) is 15.9 Å². The third-order valence-electron chi connectivity index (χ3n) is 5.12. The molecule has 144 valence electrons. The van der Waals surface area contributed by atoms with Crippen LogP contribution in [0, 0.1) is 26.7 Å². The number of nitrogens with zero attached hydrogens (tertiary/aromatic N) is 1. The largest absolute Gasteiger partial charge is 0.326 e. The van der Waals surface area contributed by atoms with Crippen molar-refractivity contribution in [3.05, 3.63) is 59.2 Å². The molecule has 5 nitrogen and oxygen atoms in total. The summed E-state index contributed by atoms with van der Waals surface area (Å²) in [5.74, 6) is -0.469. The third kappa shape index (κ3) is 4.22. The van der Waals surface area contributed by atoms with Gasteiger partial charge in [-0.05, 0) is 62.4 Å². The summed E-state index contributed by atoms with van der Waals surface area (Å²) in [7, 11) is -3.61. The lowest BCUT2D eigenvalue weighted by Gasteiger charge is -2.31. The predicted molar refractivity (Wildman–Crippen MR) is 107 cm³/mol. The van der Waals surface area contributed by atoms with Gasteiger partial charge in [0.05, 0.1) is 10.8 Å². The molecule has 2 aromatic carbocycles. The molecule has 1 heterocycles.